The molecule has 1 aromatic carbocycles. The number of benzene rings is 1. The number of nitrogens with one attached hydrogen (secondary N) is 1. The van der Waals surface area contributed by atoms with Gasteiger partial charge in [0.1, 0.15) is 5.01 Å². The van der Waals surface area contributed by atoms with Crippen LogP contribution in [0.5, 0.6) is 0 Å². The van der Waals surface area contributed by atoms with E-state index in [0.717, 1.165) is 17.2 Å². The van der Waals surface area contributed by atoms with E-state index in [2.05, 4.69) is 28.5 Å². The Hall–Kier alpha value is -1.49. The highest BCUT2D eigenvalue weighted by Gasteiger charge is 2.00. The van der Waals surface area contributed by atoms with Gasteiger partial charge in [-0.15, -0.1) is 11.3 Å². The highest BCUT2D eigenvalue weighted by atomic mass is 32.1. The molecule has 19 heavy (non-hydrogen) atoms. The first-order valence-corrected chi connectivity index (χ1v) is 7.13. The van der Waals surface area contributed by atoms with Crippen LogP contribution in [0.4, 0.5) is 0 Å². The monoisotopic (exact) mass is 274 g/mol. The molecule has 3 nitrogen and oxygen atoms in total. The van der Waals surface area contributed by atoms with Crippen molar-refractivity contribution in [1.29, 1.82) is 0 Å². The van der Waals surface area contributed by atoms with Crippen LogP contribution in [-0.2, 0) is 17.9 Å². The van der Waals surface area contributed by atoms with Crippen LogP contribution in [-0.4, -0.2) is 18.6 Å². The quantitative estimate of drug-likeness (QED) is 0.788. The third kappa shape index (κ3) is 4.95. The number of ether oxygens (including phenoxy) is 1. The molecule has 0 aliphatic rings. The van der Waals surface area contributed by atoms with Gasteiger partial charge in [-0.2, -0.15) is 0 Å². The Kier molecular flexibility index (Phi) is 5.75. The summed E-state index contributed by atoms with van der Waals surface area (Å²) in [7, 11) is 1.92. The summed E-state index contributed by atoms with van der Waals surface area (Å²) < 4.78 is 5.57. The summed E-state index contributed by atoms with van der Waals surface area (Å²) in [6.07, 6.45) is 4.09. The molecule has 0 unspecified atom stereocenters. The van der Waals surface area contributed by atoms with Crippen LogP contribution in [0.1, 0.15) is 16.3 Å². The second-order valence-corrected chi connectivity index (χ2v) is 5.03. The molecule has 0 amide bonds. The van der Waals surface area contributed by atoms with Gasteiger partial charge in [0.25, 0.3) is 0 Å². The van der Waals surface area contributed by atoms with Gasteiger partial charge in [-0.1, -0.05) is 42.5 Å². The molecule has 0 aliphatic carbocycles. The molecule has 0 spiro atoms. The summed E-state index contributed by atoms with van der Waals surface area (Å²) in [6, 6.07) is 10.2. The Labute approximate surface area is 118 Å². The van der Waals surface area contributed by atoms with Gasteiger partial charge < -0.3 is 10.1 Å². The van der Waals surface area contributed by atoms with Crippen LogP contribution < -0.4 is 5.32 Å². The Morgan fingerprint density at radius 3 is 2.95 bits per heavy atom. The van der Waals surface area contributed by atoms with Gasteiger partial charge in [0, 0.05) is 11.9 Å². The molecular weight excluding hydrogens is 256 g/mol. The number of hydrogen-bond donors (Lipinski definition) is 1. The summed E-state index contributed by atoms with van der Waals surface area (Å²) in [4.78, 5) is 4.46. The summed E-state index contributed by atoms with van der Waals surface area (Å²) in [6.45, 7) is 1.99. The first-order chi connectivity index (χ1) is 9.38. The summed E-state index contributed by atoms with van der Waals surface area (Å²) in [5.41, 5.74) is 2.19. The topological polar surface area (TPSA) is 34.2 Å². The standard InChI is InChI=1S/C15H18N2OS/c1-16-10-15-17-14(12-19-15)11-18-9-5-8-13-6-3-2-4-7-13/h2-8,12,16H,9-11H2,1H3. The van der Waals surface area contributed by atoms with E-state index in [4.69, 9.17) is 4.74 Å². The van der Waals surface area contributed by atoms with E-state index >= 15 is 0 Å². The van der Waals surface area contributed by atoms with Crippen LogP contribution in [0, 0.1) is 0 Å². The molecular formula is C15H18N2OS. The smallest absolute Gasteiger partial charge is 0.107 e. The summed E-state index contributed by atoms with van der Waals surface area (Å²) in [5, 5.41) is 6.24. The van der Waals surface area contributed by atoms with E-state index in [9.17, 15) is 0 Å². The van der Waals surface area contributed by atoms with E-state index in [1.165, 1.54) is 5.56 Å². The van der Waals surface area contributed by atoms with Crippen LogP contribution >= 0.6 is 11.3 Å². The minimum absolute atomic E-state index is 0.569. The molecule has 0 atom stereocenters. The fraction of sp³-hybridized carbons (Fsp3) is 0.267. The molecule has 0 saturated heterocycles. The molecule has 0 aliphatic heterocycles. The Bertz CT molecular complexity index is 508. The highest BCUT2D eigenvalue weighted by Crippen LogP contribution is 2.10. The zero-order valence-corrected chi connectivity index (χ0v) is 11.8. The first kappa shape index (κ1) is 13.9. The molecule has 0 bridgehead atoms. The average Bonchev–Trinajstić information content (AvgIpc) is 2.88. The van der Waals surface area contributed by atoms with Gasteiger partial charge >= 0.3 is 0 Å². The van der Waals surface area contributed by atoms with Crippen molar-refractivity contribution in [3.63, 3.8) is 0 Å². The van der Waals surface area contributed by atoms with Gasteiger partial charge in [0.2, 0.25) is 0 Å². The van der Waals surface area contributed by atoms with Crippen molar-refractivity contribution in [2.75, 3.05) is 13.7 Å². The van der Waals surface area contributed by atoms with Gasteiger partial charge in [-0.05, 0) is 12.6 Å². The lowest BCUT2D eigenvalue weighted by atomic mass is 10.2. The number of nitrogens with zero attached hydrogens (tertiary/aromatic N) is 1. The van der Waals surface area contributed by atoms with Crippen molar-refractivity contribution in [2.45, 2.75) is 13.2 Å². The van der Waals surface area contributed by atoms with E-state index < -0.39 is 0 Å². The Balaban J connectivity index is 1.70. The minimum Gasteiger partial charge on any atom is -0.371 e. The largest absolute Gasteiger partial charge is 0.371 e. The van der Waals surface area contributed by atoms with Crippen molar-refractivity contribution in [3.8, 4) is 0 Å². The van der Waals surface area contributed by atoms with Gasteiger partial charge in [0.15, 0.2) is 0 Å². The zero-order chi connectivity index (χ0) is 13.3. The molecule has 100 valence electrons. The second kappa shape index (κ2) is 7.84. The van der Waals surface area contributed by atoms with E-state index in [1.807, 2.05) is 36.7 Å². The predicted molar refractivity (Wildman–Crippen MR) is 80.0 cm³/mol. The average molecular weight is 274 g/mol. The van der Waals surface area contributed by atoms with Crippen LogP contribution in [0.25, 0.3) is 6.08 Å². The van der Waals surface area contributed by atoms with Crippen molar-refractivity contribution >= 4 is 17.4 Å². The van der Waals surface area contributed by atoms with Crippen molar-refractivity contribution in [3.05, 3.63) is 58.1 Å². The lowest BCUT2D eigenvalue weighted by Gasteiger charge is -1.97. The molecule has 2 aromatic rings. The van der Waals surface area contributed by atoms with Gasteiger partial charge in [-0.3, -0.25) is 0 Å². The van der Waals surface area contributed by atoms with Gasteiger partial charge in [0.05, 0.1) is 18.9 Å². The molecule has 1 aromatic heterocycles. The van der Waals surface area contributed by atoms with E-state index in [1.54, 1.807) is 11.3 Å². The predicted octanol–water partition coefficient (Wildman–Crippen LogP) is 3.09. The first-order valence-electron chi connectivity index (χ1n) is 6.25. The molecule has 1 heterocycles. The number of rotatable bonds is 7. The number of thiazole rings is 1. The maximum Gasteiger partial charge on any atom is 0.107 e. The van der Waals surface area contributed by atoms with E-state index in [0.29, 0.717) is 13.2 Å². The van der Waals surface area contributed by atoms with Crippen molar-refractivity contribution in [2.24, 2.45) is 0 Å². The maximum absolute atomic E-state index is 5.57. The highest BCUT2D eigenvalue weighted by molar-refractivity contribution is 7.09. The molecule has 2 rings (SSSR count). The number of aromatic nitrogens is 1. The SMILES string of the molecule is CNCc1nc(COCC=Cc2ccccc2)cs1. The van der Waals surface area contributed by atoms with Crippen molar-refractivity contribution < 1.29 is 4.74 Å². The normalized spacial score (nSPS) is 11.2. The fourth-order valence-electron chi connectivity index (χ4n) is 1.63. The van der Waals surface area contributed by atoms with Crippen LogP contribution in [0.2, 0.25) is 0 Å². The molecule has 0 saturated carbocycles. The molecule has 0 fully saturated rings. The molecule has 0 radical (unpaired) electrons. The molecule has 1 N–H and O–H groups in total. The van der Waals surface area contributed by atoms with E-state index in [-0.39, 0.29) is 0 Å². The lowest BCUT2D eigenvalue weighted by molar-refractivity contribution is 0.146. The van der Waals surface area contributed by atoms with Crippen molar-refractivity contribution in [1.82, 2.24) is 10.3 Å². The van der Waals surface area contributed by atoms with Crippen LogP contribution in [0.15, 0.2) is 41.8 Å². The number of hydrogen-bond acceptors (Lipinski definition) is 4. The van der Waals surface area contributed by atoms with Gasteiger partial charge in [-0.25, -0.2) is 4.98 Å². The van der Waals surface area contributed by atoms with Crippen LogP contribution in [0.3, 0.4) is 0 Å². The zero-order valence-electron chi connectivity index (χ0n) is 11.0. The molecule has 4 heteroatoms. The second-order valence-electron chi connectivity index (χ2n) is 4.09. The summed E-state index contributed by atoms with van der Waals surface area (Å²) in [5.74, 6) is 0. The fourth-order valence-corrected chi connectivity index (χ4v) is 2.42. The Morgan fingerprint density at radius 1 is 1.32 bits per heavy atom. The maximum atomic E-state index is 5.57. The third-order valence-electron chi connectivity index (χ3n) is 2.50. The third-order valence-corrected chi connectivity index (χ3v) is 3.40. The Morgan fingerprint density at radius 2 is 2.16 bits per heavy atom. The summed E-state index contributed by atoms with van der Waals surface area (Å²) >= 11 is 1.66. The minimum atomic E-state index is 0.569. The lowest BCUT2D eigenvalue weighted by Crippen LogP contribution is -2.04.